The Kier molecular flexibility index (Phi) is 8.28. The number of halogens is 2. The highest BCUT2D eigenvalue weighted by atomic mass is 35.5. The smallest absolute Gasteiger partial charge is 0.237 e. The molecule has 6 nitrogen and oxygen atoms in total. The van der Waals surface area contributed by atoms with Crippen molar-refractivity contribution in [1.82, 2.24) is 10.6 Å². The summed E-state index contributed by atoms with van der Waals surface area (Å²) >= 11 is 12.5. The number of amides is 1. The van der Waals surface area contributed by atoms with Crippen LogP contribution < -0.4 is 10.6 Å². The predicted molar refractivity (Wildman–Crippen MR) is 134 cm³/mol. The summed E-state index contributed by atoms with van der Waals surface area (Å²) in [6, 6.07) is 15.9. The van der Waals surface area contributed by atoms with Gasteiger partial charge < -0.3 is 20.8 Å². The molecule has 2 aromatic rings. The van der Waals surface area contributed by atoms with Crippen LogP contribution in [0.15, 0.2) is 48.5 Å². The molecule has 4 N–H and O–H groups in total. The molecule has 0 radical (unpaired) electrons. The SMILES string of the molecule is CC(C)(C)CC1NC(C(=O)NC[C@H](O)CO)C(c2cccc(Cl)c2)C1(C#N)c1ccc(Cl)cc1. The molecular formula is C26H31Cl2N3O3. The summed E-state index contributed by atoms with van der Waals surface area (Å²) in [5.74, 6) is -0.932. The van der Waals surface area contributed by atoms with Crippen LogP contribution in [0.1, 0.15) is 44.2 Å². The lowest BCUT2D eigenvalue weighted by atomic mass is 9.63. The van der Waals surface area contributed by atoms with E-state index in [9.17, 15) is 15.2 Å². The molecule has 0 aliphatic carbocycles. The Morgan fingerprint density at radius 1 is 1.21 bits per heavy atom. The van der Waals surface area contributed by atoms with Crippen LogP contribution in [0.4, 0.5) is 0 Å². The van der Waals surface area contributed by atoms with Crippen LogP contribution in [0.25, 0.3) is 0 Å². The van der Waals surface area contributed by atoms with Crippen molar-refractivity contribution in [2.45, 2.75) is 56.7 Å². The number of benzene rings is 2. The van der Waals surface area contributed by atoms with E-state index in [4.69, 9.17) is 28.3 Å². The number of carbonyl (C=O) groups excluding carboxylic acids is 1. The van der Waals surface area contributed by atoms with Crippen LogP contribution in [0.3, 0.4) is 0 Å². The third kappa shape index (κ3) is 5.56. The molecule has 4 unspecified atom stereocenters. The maximum absolute atomic E-state index is 13.4. The number of aliphatic hydroxyl groups excluding tert-OH is 2. The van der Waals surface area contributed by atoms with E-state index in [2.05, 4.69) is 37.5 Å². The first-order chi connectivity index (χ1) is 16.0. The molecule has 0 aromatic heterocycles. The Balaban J connectivity index is 2.19. The van der Waals surface area contributed by atoms with Gasteiger partial charge in [0.05, 0.1) is 24.8 Å². The first-order valence-corrected chi connectivity index (χ1v) is 12.0. The predicted octanol–water partition coefficient (Wildman–Crippen LogP) is 3.78. The number of carbonyl (C=O) groups is 1. The van der Waals surface area contributed by atoms with E-state index in [1.165, 1.54) is 0 Å². The first kappa shape index (κ1) is 26.5. The highest BCUT2D eigenvalue weighted by molar-refractivity contribution is 6.30. The van der Waals surface area contributed by atoms with Gasteiger partial charge in [0.25, 0.3) is 0 Å². The van der Waals surface area contributed by atoms with Gasteiger partial charge in [-0.05, 0) is 47.2 Å². The fourth-order valence-corrected chi connectivity index (χ4v) is 5.17. The van der Waals surface area contributed by atoms with Crippen molar-refractivity contribution in [3.63, 3.8) is 0 Å². The molecule has 5 atom stereocenters. The highest BCUT2D eigenvalue weighted by Crippen LogP contribution is 2.51. The summed E-state index contributed by atoms with van der Waals surface area (Å²) in [5, 5.41) is 37.0. The summed E-state index contributed by atoms with van der Waals surface area (Å²) in [6.45, 7) is 5.73. The van der Waals surface area contributed by atoms with Gasteiger partial charge in [-0.1, -0.05) is 68.2 Å². The molecule has 34 heavy (non-hydrogen) atoms. The van der Waals surface area contributed by atoms with Gasteiger partial charge in [-0.15, -0.1) is 0 Å². The van der Waals surface area contributed by atoms with Gasteiger partial charge in [0.2, 0.25) is 5.91 Å². The molecule has 0 spiro atoms. The van der Waals surface area contributed by atoms with Crippen LogP contribution in [0.2, 0.25) is 10.0 Å². The fourth-order valence-electron chi connectivity index (χ4n) is 4.85. The minimum Gasteiger partial charge on any atom is -0.394 e. The van der Waals surface area contributed by atoms with Crippen LogP contribution in [-0.2, 0) is 10.2 Å². The summed E-state index contributed by atoms with van der Waals surface area (Å²) in [7, 11) is 0. The van der Waals surface area contributed by atoms with Crippen molar-refractivity contribution in [2.75, 3.05) is 13.2 Å². The molecule has 1 heterocycles. The van der Waals surface area contributed by atoms with Crippen LogP contribution in [0.5, 0.6) is 0 Å². The molecule has 2 aromatic carbocycles. The standard InChI is InChI=1S/C26H31Cl2N3O3/c1-25(2,3)12-21-26(15-29,17-7-9-18(27)10-8-17)22(16-5-4-6-19(28)11-16)23(31-21)24(34)30-13-20(33)14-32/h4-11,20-23,31-33H,12-14H2,1-3H3,(H,30,34)/t20-,21?,22?,23?,26?/m0/s1. The molecular weight excluding hydrogens is 473 g/mol. The van der Waals surface area contributed by atoms with Gasteiger partial charge >= 0.3 is 0 Å². The maximum atomic E-state index is 13.4. The van der Waals surface area contributed by atoms with Crippen LogP contribution in [-0.4, -0.2) is 47.5 Å². The second kappa shape index (κ2) is 10.6. The number of aliphatic hydroxyl groups is 2. The normalized spacial score (nSPS) is 25.5. The van der Waals surface area contributed by atoms with Gasteiger partial charge in [0.15, 0.2) is 0 Å². The number of nitrogens with one attached hydrogen (secondary N) is 2. The van der Waals surface area contributed by atoms with Crippen molar-refractivity contribution in [3.05, 3.63) is 69.7 Å². The van der Waals surface area contributed by atoms with Crippen molar-refractivity contribution in [3.8, 4) is 6.07 Å². The van der Waals surface area contributed by atoms with Crippen molar-refractivity contribution >= 4 is 29.1 Å². The average Bonchev–Trinajstić information content (AvgIpc) is 3.11. The van der Waals surface area contributed by atoms with Gasteiger partial charge in [-0.3, -0.25) is 4.79 Å². The molecule has 182 valence electrons. The van der Waals surface area contributed by atoms with Crippen LogP contribution in [0, 0.1) is 16.7 Å². The maximum Gasteiger partial charge on any atom is 0.237 e. The Morgan fingerprint density at radius 2 is 1.88 bits per heavy atom. The summed E-state index contributed by atoms with van der Waals surface area (Å²) in [6.07, 6.45) is -0.444. The summed E-state index contributed by atoms with van der Waals surface area (Å²) in [5.41, 5.74) is 0.288. The number of hydrogen-bond acceptors (Lipinski definition) is 5. The highest BCUT2D eigenvalue weighted by Gasteiger charge is 2.59. The molecule has 0 saturated carbocycles. The summed E-state index contributed by atoms with van der Waals surface area (Å²) < 4.78 is 0. The molecule has 0 bridgehead atoms. The lowest BCUT2D eigenvalue weighted by Gasteiger charge is -2.37. The second-order valence-electron chi connectivity index (χ2n) is 10.1. The van der Waals surface area contributed by atoms with Gasteiger partial charge in [0.1, 0.15) is 5.41 Å². The average molecular weight is 504 g/mol. The van der Waals surface area contributed by atoms with Crippen LogP contribution >= 0.6 is 23.2 Å². The Hall–Kier alpha value is -2.14. The number of hydrogen-bond donors (Lipinski definition) is 4. The largest absolute Gasteiger partial charge is 0.394 e. The van der Waals surface area contributed by atoms with E-state index in [0.717, 1.165) is 11.1 Å². The lowest BCUT2D eigenvalue weighted by molar-refractivity contribution is -0.123. The monoisotopic (exact) mass is 503 g/mol. The molecule has 3 rings (SSSR count). The zero-order chi connectivity index (χ0) is 25.1. The Bertz CT molecular complexity index is 1050. The van der Waals surface area contributed by atoms with E-state index >= 15 is 0 Å². The third-order valence-corrected chi connectivity index (χ3v) is 6.78. The topological polar surface area (TPSA) is 105 Å². The van der Waals surface area contributed by atoms with Gasteiger partial charge in [0, 0.05) is 28.5 Å². The minimum atomic E-state index is -1.10. The number of rotatable bonds is 7. The van der Waals surface area contributed by atoms with Crippen molar-refractivity contribution in [2.24, 2.45) is 5.41 Å². The molecule has 1 amide bonds. The van der Waals surface area contributed by atoms with Crippen molar-refractivity contribution in [1.29, 1.82) is 5.26 Å². The van der Waals surface area contributed by atoms with Gasteiger partial charge in [-0.2, -0.15) is 5.26 Å². The molecule has 1 aliphatic heterocycles. The fraction of sp³-hybridized carbons (Fsp3) is 0.462. The number of nitrogens with zero attached hydrogens (tertiary/aromatic N) is 1. The second-order valence-corrected chi connectivity index (χ2v) is 10.9. The zero-order valence-corrected chi connectivity index (χ0v) is 21.1. The molecule has 1 aliphatic rings. The third-order valence-electron chi connectivity index (χ3n) is 6.29. The number of nitriles is 1. The van der Waals surface area contributed by atoms with E-state index in [-0.39, 0.29) is 23.9 Å². The van der Waals surface area contributed by atoms with Gasteiger partial charge in [-0.25, -0.2) is 0 Å². The minimum absolute atomic E-state index is 0.0970. The molecule has 1 fully saturated rings. The quantitative estimate of drug-likeness (QED) is 0.460. The molecule has 8 heteroatoms. The lowest BCUT2D eigenvalue weighted by Crippen LogP contribution is -2.47. The van der Waals surface area contributed by atoms with E-state index in [1.54, 1.807) is 24.3 Å². The first-order valence-electron chi connectivity index (χ1n) is 11.3. The Morgan fingerprint density at radius 3 is 2.44 bits per heavy atom. The Labute approximate surface area is 210 Å². The van der Waals surface area contributed by atoms with E-state index < -0.39 is 30.1 Å². The zero-order valence-electron chi connectivity index (χ0n) is 19.6. The van der Waals surface area contributed by atoms with E-state index in [1.807, 2.05) is 24.3 Å². The molecule has 1 saturated heterocycles. The van der Waals surface area contributed by atoms with E-state index in [0.29, 0.717) is 16.5 Å². The van der Waals surface area contributed by atoms with Crippen molar-refractivity contribution < 1.29 is 15.0 Å². The summed E-state index contributed by atoms with van der Waals surface area (Å²) in [4.78, 5) is 13.4.